The lowest BCUT2D eigenvalue weighted by Crippen LogP contribution is -2.36. The summed E-state index contributed by atoms with van der Waals surface area (Å²) in [5.41, 5.74) is -6.17. The van der Waals surface area contributed by atoms with E-state index in [-0.39, 0.29) is 12.3 Å². The smallest absolute Gasteiger partial charge is 0.418 e. The lowest BCUT2D eigenvalue weighted by Gasteiger charge is -2.32. The van der Waals surface area contributed by atoms with Crippen LogP contribution in [0.5, 0.6) is 0 Å². The molecule has 1 heterocycles. The molecular formula is C20H18ClF6NO4. The number of dihydropyridines is 1. The summed E-state index contributed by atoms with van der Waals surface area (Å²) in [4.78, 5) is 25.2. The molecule has 176 valence electrons. The fourth-order valence-corrected chi connectivity index (χ4v) is 3.60. The Morgan fingerprint density at radius 1 is 1.19 bits per heavy atom. The van der Waals surface area contributed by atoms with E-state index in [0.29, 0.717) is 18.6 Å². The van der Waals surface area contributed by atoms with Gasteiger partial charge in [-0.2, -0.15) is 13.2 Å². The molecule has 1 aliphatic heterocycles. The number of allylic oxidation sites excluding steroid dienone is 2. The summed E-state index contributed by atoms with van der Waals surface area (Å²) >= 11 is 5.70. The van der Waals surface area contributed by atoms with Crippen molar-refractivity contribution in [2.75, 3.05) is 13.7 Å². The third kappa shape index (κ3) is 4.87. The highest BCUT2D eigenvalue weighted by molar-refractivity contribution is 6.31. The summed E-state index contributed by atoms with van der Waals surface area (Å²) < 4.78 is 93.5. The maximum atomic E-state index is 14.9. The van der Waals surface area contributed by atoms with Gasteiger partial charge in [-0.05, 0) is 25.5 Å². The standard InChI is InChI=1S/C20H18ClF6NO4/c1-4-7-32-19(30)11-8(2)28-16(17(23)24)14(18(29)31-3)13(11)12-10(22)6-5-9(21)15(12)20(25,26)27/h5-6,13,17,28H,4,7H2,1-3H3. The van der Waals surface area contributed by atoms with Crippen LogP contribution in [0, 0.1) is 5.82 Å². The van der Waals surface area contributed by atoms with Crippen LogP contribution in [-0.4, -0.2) is 32.1 Å². The number of nitrogens with one attached hydrogen (secondary N) is 1. The van der Waals surface area contributed by atoms with Crippen LogP contribution in [0.25, 0.3) is 0 Å². The molecule has 1 unspecified atom stereocenters. The lowest BCUT2D eigenvalue weighted by atomic mass is 9.78. The van der Waals surface area contributed by atoms with E-state index in [1.165, 1.54) is 0 Å². The SMILES string of the molecule is CCCOC(=O)C1=C(C)NC(C(F)F)=C(C(=O)OC)C1c1c(F)ccc(Cl)c1C(F)(F)F. The number of rotatable bonds is 6. The fourth-order valence-electron chi connectivity index (χ4n) is 3.33. The van der Waals surface area contributed by atoms with Gasteiger partial charge in [-0.15, -0.1) is 0 Å². The summed E-state index contributed by atoms with van der Waals surface area (Å²) in [5, 5.41) is 1.20. The number of esters is 2. The summed E-state index contributed by atoms with van der Waals surface area (Å²) in [5.74, 6) is -6.45. The Labute approximate surface area is 184 Å². The molecule has 0 radical (unpaired) electrons. The van der Waals surface area contributed by atoms with Gasteiger partial charge in [0.25, 0.3) is 6.43 Å². The van der Waals surface area contributed by atoms with E-state index in [0.717, 1.165) is 14.0 Å². The Bertz CT molecular complexity index is 987. The maximum absolute atomic E-state index is 14.9. The zero-order chi connectivity index (χ0) is 24.4. The minimum Gasteiger partial charge on any atom is -0.466 e. The van der Waals surface area contributed by atoms with Gasteiger partial charge in [-0.3, -0.25) is 0 Å². The second kappa shape index (κ2) is 9.85. The molecule has 5 nitrogen and oxygen atoms in total. The van der Waals surface area contributed by atoms with Crippen LogP contribution in [0.3, 0.4) is 0 Å². The maximum Gasteiger partial charge on any atom is 0.418 e. The van der Waals surface area contributed by atoms with E-state index in [4.69, 9.17) is 16.3 Å². The van der Waals surface area contributed by atoms with Gasteiger partial charge in [0.1, 0.15) is 5.82 Å². The largest absolute Gasteiger partial charge is 0.466 e. The summed E-state index contributed by atoms with van der Waals surface area (Å²) in [7, 11) is 0.800. The molecule has 0 amide bonds. The van der Waals surface area contributed by atoms with Crippen LogP contribution in [0.2, 0.25) is 5.02 Å². The Morgan fingerprint density at radius 3 is 2.31 bits per heavy atom. The number of benzene rings is 1. The van der Waals surface area contributed by atoms with Crippen LogP contribution < -0.4 is 5.32 Å². The van der Waals surface area contributed by atoms with E-state index >= 15 is 0 Å². The van der Waals surface area contributed by atoms with E-state index in [2.05, 4.69) is 10.1 Å². The van der Waals surface area contributed by atoms with Crippen molar-refractivity contribution in [3.8, 4) is 0 Å². The van der Waals surface area contributed by atoms with Gasteiger partial charge in [-0.1, -0.05) is 18.5 Å². The van der Waals surface area contributed by atoms with Gasteiger partial charge in [0, 0.05) is 11.3 Å². The normalized spacial score (nSPS) is 16.9. The predicted molar refractivity (Wildman–Crippen MR) is 101 cm³/mol. The van der Waals surface area contributed by atoms with Gasteiger partial charge >= 0.3 is 18.1 Å². The number of methoxy groups -OCH3 is 1. The number of halogens is 7. The second-order valence-electron chi connectivity index (χ2n) is 6.67. The molecule has 2 rings (SSSR count). The van der Waals surface area contributed by atoms with Gasteiger partial charge in [-0.25, -0.2) is 22.8 Å². The van der Waals surface area contributed by atoms with E-state index < -0.39 is 69.3 Å². The lowest BCUT2D eigenvalue weighted by molar-refractivity contribution is -0.141. The molecule has 32 heavy (non-hydrogen) atoms. The Kier molecular flexibility index (Phi) is 7.87. The van der Waals surface area contributed by atoms with Crippen LogP contribution in [0.1, 0.15) is 37.3 Å². The average Bonchev–Trinajstić information content (AvgIpc) is 2.71. The third-order valence-corrected chi connectivity index (χ3v) is 4.90. The quantitative estimate of drug-likeness (QED) is 0.448. The summed E-state index contributed by atoms with van der Waals surface area (Å²) in [6.45, 7) is 2.59. The Hall–Kier alpha value is -2.69. The molecule has 0 saturated heterocycles. The highest BCUT2D eigenvalue weighted by Gasteiger charge is 2.47. The predicted octanol–water partition coefficient (Wildman–Crippen LogP) is 5.10. The molecule has 1 aromatic carbocycles. The van der Waals surface area contributed by atoms with E-state index in [1.807, 2.05) is 0 Å². The average molecular weight is 486 g/mol. The molecule has 1 aromatic rings. The first-order chi connectivity index (χ1) is 14.9. The van der Waals surface area contributed by atoms with Crippen molar-refractivity contribution in [2.24, 2.45) is 0 Å². The second-order valence-corrected chi connectivity index (χ2v) is 7.08. The number of hydrogen-bond acceptors (Lipinski definition) is 5. The molecule has 1 aliphatic rings. The van der Waals surface area contributed by atoms with Crippen molar-refractivity contribution in [3.63, 3.8) is 0 Å². The number of carbonyl (C=O) groups is 2. The molecule has 1 atom stereocenters. The van der Waals surface area contributed by atoms with Crippen molar-refractivity contribution in [2.45, 2.75) is 38.8 Å². The van der Waals surface area contributed by atoms with Crippen molar-refractivity contribution in [3.05, 3.63) is 56.6 Å². The topological polar surface area (TPSA) is 64.6 Å². The van der Waals surface area contributed by atoms with Crippen molar-refractivity contribution >= 4 is 23.5 Å². The zero-order valence-corrected chi connectivity index (χ0v) is 17.8. The highest BCUT2D eigenvalue weighted by atomic mass is 35.5. The van der Waals surface area contributed by atoms with Gasteiger partial charge in [0.2, 0.25) is 0 Å². The van der Waals surface area contributed by atoms with Crippen LogP contribution in [0.4, 0.5) is 26.3 Å². The van der Waals surface area contributed by atoms with Crippen molar-refractivity contribution in [1.29, 1.82) is 0 Å². The number of carbonyl (C=O) groups excluding carboxylic acids is 2. The molecule has 0 aliphatic carbocycles. The van der Waals surface area contributed by atoms with Gasteiger partial charge < -0.3 is 14.8 Å². The first-order valence-corrected chi connectivity index (χ1v) is 9.55. The fraction of sp³-hybridized carbons (Fsp3) is 0.400. The van der Waals surface area contributed by atoms with Crippen molar-refractivity contribution in [1.82, 2.24) is 5.32 Å². The molecule has 0 spiro atoms. The minimum atomic E-state index is -5.25. The van der Waals surface area contributed by atoms with Gasteiger partial charge in [0.05, 0.1) is 47.1 Å². The number of ether oxygens (including phenoxy) is 2. The molecule has 0 saturated carbocycles. The van der Waals surface area contributed by atoms with E-state index in [9.17, 15) is 35.9 Å². The Morgan fingerprint density at radius 2 is 1.81 bits per heavy atom. The number of alkyl halides is 5. The van der Waals surface area contributed by atoms with E-state index in [1.54, 1.807) is 6.92 Å². The molecule has 12 heteroatoms. The molecule has 0 bridgehead atoms. The minimum absolute atomic E-state index is 0.161. The summed E-state index contributed by atoms with van der Waals surface area (Å²) in [6.07, 6.45) is -8.32. The number of hydrogen-bond donors (Lipinski definition) is 1. The monoisotopic (exact) mass is 485 g/mol. The van der Waals surface area contributed by atoms with Crippen LogP contribution in [0.15, 0.2) is 34.7 Å². The molecule has 1 N–H and O–H groups in total. The molecule has 0 fully saturated rings. The van der Waals surface area contributed by atoms with Gasteiger partial charge in [0.15, 0.2) is 0 Å². The molecular weight excluding hydrogens is 468 g/mol. The first kappa shape index (κ1) is 25.6. The van der Waals surface area contributed by atoms with Crippen LogP contribution in [-0.2, 0) is 25.2 Å². The molecule has 0 aromatic heterocycles. The third-order valence-electron chi connectivity index (χ3n) is 4.59. The first-order valence-electron chi connectivity index (χ1n) is 9.17. The zero-order valence-electron chi connectivity index (χ0n) is 17.0. The van der Waals surface area contributed by atoms with Crippen LogP contribution >= 0.6 is 11.6 Å². The highest BCUT2D eigenvalue weighted by Crippen LogP contribution is 2.48. The summed E-state index contributed by atoms with van der Waals surface area (Å²) in [6, 6.07) is 1.21. The van der Waals surface area contributed by atoms with Crippen molar-refractivity contribution < 1.29 is 45.4 Å². The Balaban J connectivity index is 2.99.